The van der Waals surface area contributed by atoms with Crippen LogP contribution >= 0.6 is 62.2 Å². The molecule has 254 valence electrons. The average molecular weight is 815 g/mol. The van der Waals surface area contributed by atoms with Gasteiger partial charge >= 0.3 is 0 Å². The summed E-state index contributed by atoms with van der Waals surface area (Å²) in [5.41, 5.74) is 3.79. The van der Waals surface area contributed by atoms with Gasteiger partial charge in [0.05, 0.1) is 10.7 Å². The van der Waals surface area contributed by atoms with Crippen LogP contribution in [0.3, 0.4) is 0 Å². The summed E-state index contributed by atoms with van der Waals surface area (Å²) in [5.74, 6) is -1.21. The van der Waals surface area contributed by atoms with E-state index >= 15 is 0 Å². The lowest BCUT2D eigenvalue weighted by Crippen LogP contribution is -2.30. The molecule has 1 aromatic heterocycles. The van der Waals surface area contributed by atoms with Crippen LogP contribution in [0.1, 0.15) is 26.7 Å². The highest BCUT2D eigenvalue weighted by Crippen LogP contribution is 2.38. The Morgan fingerprint density at radius 1 is 0.804 bits per heavy atom. The molecule has 6 rings (SSSR count). The lowest BCUT2D eigenvalue weighted by atomic mass is 10.1. The summed E-state index contributed by atoms with van der Waals surface area (Å²) >= 11 is 18.5. The molecule has 0 saturated heterocycles. The van der Waals surface area contributed by atoms with Gasteiger partial charge in [0.2, 0.25) is 5.91 Å². The zero-order valence-corrected chi connectivity index (χ0v) is 31.2. The minimum absolute atomic E-state index is 0.0595. The Kier molecular flexibility index (Phi) is 12.0. The molecule has 0 fully saturated rings. The molecule has 5 aromatic carbocycles. The highest BCUT2D eigenvalue weighted by atomic mass is 79.9. The van der Waals surface area contributed by atoms with Crippen molar-refractivity contribution in [2.45, 2.75) is 10.1 Å². The maximum absolute atomic E-state index is 13.8. The van der Waals surface area contributed by atoms with Gasteiger partial charge in [-0.3, -0.25) is 14.4 Å². The molecule has 0 aliphatic heterocycles. The third kappa shape index (κ3) is 9.75. The number of halogens is 3. The number of aromatic nitrogens is 1. The van der Waals surface area contributed by atoms with E-state index in [4.69, 9.17) is 23.2 Å². The van der Waals surface area contributed by atoms with Crippen molar-refractivity contribution in [3.05, 3.63) is 170 Å². The number of thioether (sulfide) groups is 1. The molecule has 0 radical (unpaired) electrons. The van der Waals surface area contributed by atoms with Crippen LogP contribution in [0.4, 0.5) is 10.8 Å². The standard InChI is InChI=1S/C39H27BrCl2N4O3S2/c40-27-14-7-9-24(19-27)20-33(44-36(47)26-12-5-2-6-13-26)37(48)43-29-15-8-16-30(22-29)51-35(25-10-3-1-4-11-25)38(49)46-39-45-34(23-50-39)31-18-17-28(41)21-32(31)42/h1-23,35H,(H,43,48)(H,44,47)(H,45,46,49)/b33-20+. The first kappa shape index (κ1) is 36.1. The van der Waals surface area contributed by atoms with Crippen LogP contribution in [0.5, 0.6) is 0 Å². The highest BCUT2D eigenvalue weighted by molar-refractivity contribution is 9.10. The molecule has 3 N–H and O–H groups in total. The monoisotopic (exact) mass is 812 g/mol. The Morgan fingerprint density at radius 3 is 2.29 bits per heavy atom. The third-order valence-corrected chi connectivity index (χ3v) is 10.4. The van der Waals surface area contributed by atoms with Crippen LogP contribution in [-0.4, -0.2) is 22.7 Å². The van der Waals surface area contributed by atoms with Crippen molar-refractivity contribution in [1.82, 2.24) is 10.3 Å². The molecule has 1 atom stereocenters. The predicted octanol–water partition coefficient (Wildman–Crippen LogP) is 10.8. The molecule has 3 amide bonds. The topological polar surface area (TPSA) is 100 Å². The zero-order valence-electron chi connectivity index (χ0n) is 26.5. The highest BCUT2D eigenvalue weighted by Gasteiger charge is 2.24. The summed E-state index contributed by atoms with van der Waals surface area (Å²) < 4.78 is 0.827. The van der Waals surface area contributed by atoms with Gasteiger partial charge in [0.15, 0.2) is 5.13 Å². The molecule has 0 saturated carbocycles. The van der Waals surface area contributed by atoms with Gasteiger partial charge in [0, 0.05) is 36.6 Å². The quantitative estimate of drug-likeness (QED) is 0.0893. The van der Waals surface area contributed by atoms with Gasteiger partial charge in [-0.2, -0.15) is 0 Å². The second kappa shape index (κ2) is 17.0. The first-order valence-electron chi connectivity index (χ1n) is 15.4. The van der Waals surface area contributed by atoms with Crippen LogP contribution in [0.15, 0.2) is 148 Å². The van der Waals surface area contributed by atoms with Crippen molar-refractivity contribution in [3.8, 4) is 11.3 Å². The summed E-state index contributed by atoms with van der Waals surface area (Å²) in [4.78, 5) is 45.9. The number of nitrogens with zero attached hydrogens (tertiary/aromatic N) is 1. The lowest BCUT2D eigenvalue weighted by molar-refractivity contribution is -0.116. The van der Waals surface area contributed by atoms with Gasteiger partial charge in [-0.15, -0.1) is 23.1 Å². The molecular weight excluding hydrogens is 787 g/mol. The first-order chi connectivity index (χ1) is 24.7. The van der Waals surface area contributed by atoms with E-state index in [0.717, 1.165) is 14.9 Å². The fraction of sp³-hybridized carbons (Fsp3) is 0.0256. The van der Waals surface area contributed by atoms with Crippen LogP contribution in [0.25, 0.3) is 17.3 Å². The summed E-state index contributed by atoms with van der Waals surface area (Å²) in [5, 5.41) is 11.2. The number of thiazole rings is 1. The summed E-state index contributed by atoms with van der Waals surface area (Å²) in [6, 6.07) is 37.8. The number of benzene rings is 5. The molecule has 1 heterocycles. The molecule has 12 heteroatoms. The molecule has 1 unspecified atom stereocenters. The van der Waals surface area contributed by atoms with Crippen molar-refractivity contribution >= 4 is 96.8 Å². The van der Waals surface area contributed by atoms with Crippen LogP contribution in [-0.2, 0) is 9.59 Å². The van der Waals surface area contributed by atoms with Crippen molar-refractivity contribution in [1.29, 1.82) is 0 Å². The number of carbonyl (C=O) groups excluding carboxylic acids is 3. The van der Waals surface area contributed by atoms with Crippen molar-refractivity contribution in [2.24, 2.45) is 0 Å². The zero-order chi connectivity index (χ0) is 35.7. The molecule has 0 aliphatic carbocycles. The Morgan fingerprint density at radius 2 is 1.55 bits per heavy atom. The molecule has 6 aromatic rings. The van der Waals surface area contributed by atoms with Gasteiger partial charge in [0.1, 0.15) is 10.9 Å². The van der Waals surface area contributed by atoms with E-state index in [-0.39, 0.29) is 11.6 Å². The lowest BCUT2D eigenvalue weighted by Gasteiger charge is -2.17. The number of carbonyl (C=O) groups is 3. The SMILES string of the molecule is O=C(Nc1cccc(SC(C(=O)Nc2nc(-c3ccc(Cl)cc3Cl)cs2)c2ccccc2)c1)/C(=C\c1cccc(Br)c1)NC(=O)c1ccccc1. The third-order valence-electron chi connectivity index (χ3n) is 7.32. The van der Waals surface area contributed by atoms with Crippen molar-refractivity contribution < 1.29 is 14.4 Å². The predicted molar refractivity (Wildman–Crippen MR) is 212 cm³/mol. The number of amides is 3. The van der Waals surface area contributed by atoms with E-state index in [9.17, 15) is 14.4 Å². The minimum Gasteiger partial charge on any atom is -0.321 e. The van der Waals surface area contributed by atoms with Gasteiger partial charge in [-0.05, 0) is 77.9 Å². The summed E-state index contributed by atoms with van der Waals surface area (Å²) in [7, 11) is 0. The van der Waals surface area contributed by atoms with Gasteiger partial charge in [-0.1, -0.05) is 106 Å². The van der Waals surface area contributed by atoms with Crippen LogP contribution in [0.2, 0.25) is 10.0 Å². The molecule has 51 heavy (non-hydrogen) atoms. The van der Waals surface area contributed by atoms with Crippen LogP contribution < -0.4 is 16.0 Å². The van der Waals surface area contributed by atoms with E-state index in [0.29, 0.717) is 43.2 Å². The average Bonchev–Trinajstić information content (AvgIpc) is 3.59. The first-order valence-corrected chi connectivity index (χ1v) is 18.7. The number of anilines is 2. The largest absolute Gasteiger partial charge is 0.321 e. The van der Waals surface area contributed by atoms with E-state index < -0.39 is 17.1 Å². The Bertz CT molecular complexity index is 2230. The second-order valence-corrected chi connectivity index (χ2v) is 14.8. The van der Waals surface area contributed by atoms with E-state index in [1.165, 1.54) is 23.1 Å². The fourth-order valence-corrected chi connectivity index (χ4v) is 7.63. The van der Waals surface area contributed by atoms with E-state index in [2.05, 4.69) is 36.9 Å². The fourth-order valence-electron chi connectivity index (χ4n) is 4.91. The van der Waals surface area contributed by atoms with Crippen molar-refractivity contribution in [3.63, 3.8) is 0 Å². The Labute approximate surface area is 321 Å². The maximum atomic E-state index is 13.8. The number of rotatable bonds is 11. The van der Waals surface area contributed by atoms with Crippen molar-refractivity contribution in [2.75, 3.05) is 10.6 Å². The molecule has 7 nitrogen and oxygen atoms in total. The van der Waals surface area contributed by atoms with Crippen LogP contribution in [0, 0.1) is 0 Å². The smallest absolute Gasteiger partial charge is 0.272 e. The van der Waals surface area contributed by atoms with Gasteiger partial charge in [0.25, 0.3) is 11.8 Å². The maximum Gasteiger partial charge on any atom is 0.272 e. The molecule has 0 spiro atoms. The number of hydrogen-bond acceptors (Lipinski definition) is 6. The van der Waals surface area contributed by atoms with E-state index in [1.807, 2.05) is 72.1 Å². The normalized spacial score (nSPS) is 11.8. The summed E-state index contributed by atoms with van der Waals surface area (Å²) in [6.07, 6.45) is 1.61. The van der Waals surface area contributed by atoms with Gasteiger partial charge in [-0.25, -0.2) is 4.98 Å². The number of nitrogens with one attached hydrogen (secondary N) is 3. The Balaban J connectivity index is 1.21. The molecular formula is C39H27BrCl2N4O3S2. The Hall–Kier alpha value is -4.71. The molecule has 0 bridgehead atoms. The van der Waals surface area contributed by atoms with Gasteiger partial charge < -0.3 is 16.0 Å². The summed E-state index contributed by atoms with van der Waals surface area (Å²) in [6.45, 7) is 0. The van der Waals surface area contributed by atoms with E-state index in [1.54, 1.807) is 66.7 Å². The minimum atomic E-state index is -0.652. The molecule has 0 aliphatic rings. The number of hydrogen-bond donors (Lipinski definition) is 3. The second-order valence-electron chi connectivity index (χ2n) is 11.0.